The number of nitrogens with zero attached hydrogens (tertiary/aromatic N) is 2. The van der Waals surface area contributed by atoms with Crippen LogP contribution in [0.2, 0.25) is 0 Å². The Kier molecular flexibility index (Phi) is 3.39. The molecule has 6 nitrogen and oxygen atoms in total. The molecule has 0 unspecified atom stereocenters. The fourth-order valence-electron chi connectivity index (χ4n) is 0.716. The third kappa shape index (κ3) is 2.51. The van der Waals surface area contributed by atoms with E-state index in [-0.39, 0.29) is 24.9 Å². The normalized spacial score (nSPS) is 10.0. The molecule has 0 saturated heterocycles. The Morgan fingerprint density at radius 1 is 1.62 bits per heavy atom. The molecule has 1 rings (SSSR count). The number of hydrogen-bond acceptors (Lipinski definition) is 6. The summed E-state index contributed by atoms with van der Waals surface area (Å²) in [5, 5.41) is 3.41. The van der Waals surface area contributed by atoms with Crippen molar-refractivity contribution in [3.05, 3.63) is 11.7 Å². The van der Waals surface area contributed by atoms with Crippen molar-refractivity contribution in [3.63, 3.8) is 0 Å². The Hall–Kier alpha value is -1.43. The average molecular weight is 186 g/mol. The largest absolute Gasteiger partial charge is 0.460 e. The van der Waals surface area contributed by atoms with Gasteiger partial charge < -0.3 is 14.0 Å². The number of methoxy groups -OCH3 is 1. The van der Waals surface area contributed by atoms with Gasteiger partial charge in [0.2, 0.25) is 0 Å². The molecule has 72 valence electrons. The van der Waals surface area contributed by atoms with Gasteiger partial charge in [0.25, 0.3) is 11.7 Å². The standard InChI is InChI=1S/C7H10N2O4/c1-3-12-7(10)6-8-5(4-11-2)13-9-6/h3-4H2,1-2H3. The van der Waals surface area contributed by atoms with Gasteiger partial charge in [0.15, 0.2) is 0 Å². The van der Waals surface area contributed by atoms with Crippen molar-refractivity contribution < 1.29 is 18.8 Å². The summed E-state index contributed by atoms with van der Waals surface area (Å²) in [6.07, 6.45) is 0. The number of aromatic nitrogens is 2. The molecule has 1 aromatic rings. The number of hydrogen-bond donors (Lipinski definition) is 0. The van der Waals surface area contributed by atoms with Gasteiger partial charge in [-0.3, -0.25) is 0 Å². The fourth-order valence-corrected chi connectivity index (χ4v) is 0.716. The van der Waals surface area contributed by atoms with Crippen molar-refractivity contribution in [2.75, 3.05) is 13.7 Å². The van der Waals surface area contributed by atoms with Crippen molar-refractivity contribution in [3.8, 4) is 0 Å². The van der Waals surface area contributed by atoms with Gasteiger partial charge in [0.1, 0.15) is 6.61 Å². The van der Waals surface area contributed by atoms with Crippen LogP contribution in [0.4, 0.5) is 0 Å². The zero-order chi connectivity index (χ0) is 9.68. The first-order chi connectivity index (χ1) is 6.27. The first-order valence-electron chi connectivity index (χ1n) is 3.76. The van der Waals surface area contributed by atoms with Crippen LogP contribution in [0.1, 0.15) is 23.4 Å². The van der Waals surface area contributed by atoms with E-state index in [4.69, 9.17) is 4.74 Å². The third-order valence-electron chi connectivity index (χ3n) is 1.19. The van der Waals surface area contributed by atoms with Crippen LogP contribution in [0.5, 0.6) is 0 Å². The molecule has 1 aromatic heterocycles. The lowest BCUT2D eigenvalue weighted by atomic mass is 10.6. The van der Waals surface area contributed by atoms with E-state index in [2.05, 4.69) is 19.4 Å². The molecule has 0 atom stereocenters. The zero-order valence-electron chi connectivity index (χ0n) is 7.44. The predicted molar refractivity (Wildman–Crippen MR) is 41.0 cm³/mol. The highest BCUT2D eigenvalue weighted by atomic mass is 16.5. The van der Waals surface area contributed by atoms with Crippen molar-refractivity contribution in [1.82, 2.24) is 10.1 Å². The highest BCUT2D eigenvalue weighted by molar-refractivity contribution is 5.84. The van der Waals surface area contributed by atoms with Gasteiger partial charge in [-0.2, -0.15) is 4.98 Å². The van der Waals surface area contributed by atoms with E-state index in [0.717, 1.165) is 0 Å². The summed E-state index contributed by atoms with van der Waals surface area (Å²) in [7, 11) is 1.49. The van der Waals surface area contributed by atoms with Crippen molar-refractivity contribution in [2.24, 2.45) is 0 Å². The topological polar surface area (TPSA) is 74.5 Å². The molecular weight excluding hydrogens is 176 g/mol. The summed E-state index contributed by atoms with van der Waals surface area (Å²) >= 11 is 0. The minimum Gasteiger partial charge on any atom is -0.460 e. The molecule has 0 spiro atoms. The number of rotatable bonds is 4. The van der Waals surface area contributed by atoms with Gasteiger partial charge in [-0.25, -0.2) is 4.79 Å². The molecule has 0 aliphatic rings. The maximum atomic E-state index is 11.0. The second kappa shape index (κ2) is 4.56. The Balaban J connectivity index is 2.62. The molecule has 0 aliphatic heterocycles. The summed E-state index contributed by atoms with van der Waals surface area (Å²) in [4.78, 5) is 14.8. The van der Waals surface area contributed by atoms with E-state index in [1.807, 2.05) is 0 Å². The first-order valence-corrected chi connectivity index (χ1v) is 3.76. The summed E-state index contributed by atoms with van der Waals surface area (Å²) in [5.41, 5.74) is 0. The number of ether oxygens (including phenoxy) is 2. The van der Waals surface area contributed by atoms with Gasteiger partial charge in [-0.1, -0.05) is 0 Å². The quantitative estimate of drug-likeness (QED) is 0.633. The second-order valence-corrected chi connectivity index (χ2v) is 2.17. The first kappa shape index (κ1) is 9.66. The van der Waals surface area contributed by atoms with E-state index in [0.29, 0.717) is 0 Å². The van der Waals surface area contributed by atoms with Gasteiger partial charge in [0, 0.05) is 7.11 Å². The van der Waals surface area contributed by atoms with Gasteiger partial charge in [-0.15, -0.1) is 0 Å². The molecule has 0 bridgehead atoms. The smallest absolute Gasteiger partial charge is 0.379 e. The molecule has 0 aliphatic carbocycles. The summed E-state index contributed by atoms with van der Waals surface area (Å²) in [6.45, 7) is 2.17. The van der Waals surface area contributed by atoms with Gasteiger partial charge in [-0.05, 0) is 12.1 Å². The molecule has 13 heavy (non-hydrogen) atoms. The lowest BCUT2D eigenvalue weighted by Crippen LogP contribution is -2.06. The van der Waals surface area contributed by atoms with Crippen LogP contribution in [0, 0.1) is 0 Å². The molecular formula is C7H10N2O4. The predicted octanol–water partition coefficient (Wildman–Crippen LogP) is 0.393. The highest BCUT2D eigenvalue weighted by Gasteiger charge is 2.14. The second-order valence-electron chi connectivity index (χ2n) is 2.17. The molecule has 0 amide bonds. The molecule has 0 saturated carbocycles. The molecule has 0 radical (unpaired) electrons. The summed E-state index contributed by atoms with van der Waals surface area (Å²) < 4.78 is 14.1. The molecule has 6 heteroatoms. The maximum Gasteiger partial charge on any atom is 0.379 e. The molecule has 1 heterocycles. The van der Waals surface area contributed by atoms with Crippen molar-refractivity contribution in [1.29, 1.82) is 0 Å². The Bertz CT molecular complexity index is 284. The Morgan fingerprint density at radius 2 is 2.38 bits per heavy atom. The monoisotopic (exact) mass is 186 g/mol. The molecule has 0 N–H and O–H groups in total. The van der Waals surface area contributed by atoms with Crippen molar-refractivity contribution >= 4 is 5.97 Å². The van der Waals surface area contributed by atoms with Crippen LogP contribution >= 0.6 is 0 Å². The van der Waals surface area contributed by atoms with Crippen LogP contribution in [0.25, 0.3) is 0 Å². The van der Waals surface area contributed by atoms with E-state index in [1.165, 1.54) is 7.11 Å². The van der Waals surface area contributed by atoms with Gasteiger partial charge in [0.05, 0.1) is 6.61 Å². The summed E-state index contributed by atoms with van der Waals surface area (Å²) in [5.74, 6) is -0.409. The highest BCUT2D eigenvalue weighted by Crippen LogP contribution is 2.00. The number of carbonyl (C=O) groups excluding carboxylic acids is 1. The Labute approximate surface area is 74.8 Å². The van der Waals surface area contributed by atoms with Crippen LogP contribution < -0.4 is 0 Å². The van der Waals surface area contributed by atoms with E-state index < -0.39 is 5.97 Å². The van der Waals surface area contributed by atoms with Crippen LogP contribution in [0.15, 0.2) is 4.52 Å². The lowest BCUT2D eigenvalue weighted by molar-refractivity contribution is 0.0508. The third-order valence-corrected chi connectivity index (χ3v) is 1.19. The van der Waals surface area contributed by atoms with E-state index >= 15 is 0 Å². The van der Waals surface area contributed by atoms with E-state index in [1.54, 1.807) is 6.92 Å². The molecule has 0 fully saturated rings. The minimum atomic E-state index is -0.589. The minimum absolute atomic E-state index is 0.0751. The average Bonchev–Trinajstić information content (AvgIpc) is 2.54. The Morgan fingerprint density at radius 3 is 3.00 bits per heavy atom. The number of esters is 1. The summed E-state index contributed by atoms with van der Waals surface area (Å²) in [6, 6.07) is 0. The lowest BCUT2D eigenvalue weighted by Gasteiger charge is -1.93. The SMILES string of the molecule is CCOC(=O)c1noc(COC)n1. The van der Waals surface area contributed by atoms with Gasteiger partial charge >= 0.3 is 5.97 Å². The maximum absolute atomic E-state index is 11.0. The van der Waals surface area contributed by atoms with Crippen molar-refractivity contribution in [2.45, 2.75) is 13.5 Å². The van der Waals surface area contributed by atoms with Crippen LogP contribution in [0.3, 0.4) is 0 Å². The van der Waals surface area contributed by atoms with Crippen LogP contribution in [-0.2, 0) is 16.1 Å². The van der Waals surface area contributed by atoms with Crippen LogP contribution in [-0.4, -0.2) is 29.8 Å². The zero-order valence-corrected chi connectivity index (χ0v) is 7.44. The number of carbonyl (C=O) groups is 1. The molecule has 0 aromatic carbocycles. The fraction of sp³-hybridized carbons (Fsp3) is 0.571. The van der Waals surface area contributed by atoms with E-state index in [9.17, 15) is 4.79 Å².